The van der Waals surface area contributed by atoms with Crippen LogP contribution < -0.4 is 0 Å². The van der Waals surface area contributed by atoms with Gasteiger partial charge in [0.25, 0.3) is 0 Å². The summed E-state index contributed by atoms with van der Waals surface area (Å²) in [4.78, 5) is 4.24. The Morgan fingerprint density at radius 3 is 2.85 bits per heavy atom. The molecule has 1 aromatic rings. The van der Waals surface area contributed by atoms with Crippen LogP contribution in [0.5, 0.6) is 0 Å². The molecule has 13 heavy (non-hydrogen) atoms. The van der Waals surface area contributed by atoms with E-state index in [-0.39, 0.29) is 12.0 Å². The molecule has 1 atom stereocenters. The Balaban J connectivity index is 2.58. The van der Waals surface area contributed by atoms with Crippen LogP contribution in [0.4, 0.5) is 0 Å². The fourth-order valence-electron chi connectivity index (χ4n) is 1.53. The molecule has 0 aromatic carbocycles. The third-order valence-corrected chi connectivity index (χ3v) is 3.08. The lowest BCUT2D eigenvalue weighted by Gasteiger charge is -2.25. The maximum atomic E-state index is 9.29. The number of aliphatic hydroxyl groups excluding tert-OH is 1. The molecule has 1 rings (SSSR count). The fraction of sp³-hybridized carbons (Fsp3) is 0.700. The van der Waals surface area contributed by atoms with E-state index in [0.717, 1.165) is 24.3 Å². The Bertz CT molecular complexity index is 235. The molecule has 0 saturated carbocycles. The van der Waals surface area contributed by atoms with Crippen LogP contribution in [0.1, 0.15) is 31.7 Å². The summed E-state index contributed by atoms with van der Waals surface area (Å²) < 4.78 is 0. The summed E-state index contributed by atoms with van der Waals surface area (Å²) in [6.07, 6.45) is 4.89. The molecule has 3 heteroatoms. The van der Waals surface area contributed by atoms with Crippen molar-refractivity contribution in [2.45, 2.75) is 33.1 Å². The van der Waals surface area contributed by atoms with Gasteiger partial charge in [0.15, 0.2) is 0 Å². The lowest BCUT2D eigenvalue weighted by molar-refractivity contribution is 0.131. The average Bonchev–Trinajstić information content (AvgIpc) is 2.57. The van der Waals surface area contributed by atoms with Crippen molar-refractivity contribution < 1.29 is 5.11 Å². The molecule has 0 radical (unpaired) electrons. The highest BCUT2D eigenvalue weighted by molar-refractivity contribution is 7.09. The summed E-state index contributed by atoms with van der Waals surface area (Å²) in [5.74, 6) is 0. The standard InChI is InChI=1S/C10H17NOS/c1-3-4-10(2,8-12)7-9-11-5-6-13-9/h5-6,12H,3-4,7-8H2,1-2H3. The zero-order valence-electron chi connectivity index (χ0n) is 8.29. The summed E-state index contributed by atoms with van der Waals surface area (Å²) in [7, 11) is 0. The first kappa shape index (κ1) is 10.7. The van der Waals surface area contributed by atoms with Gasteiger partial charge < -0.3 is 5.11 Å². The quantitative estimate of drug-likeness (QED) is 0.790. The Kier molecular flexibility index (Phi) is 3.88. The van der Waals surface area contributed by atoms with Gasteiger partial charge >= 0.3 is 0 Å². The molecule has 1 heterocycles. The van der Waals surface area contributed by atoms with Gasteiger partial charge in [0.1, 0.15) is 0 Å². The lowest BCUT2D eigenvalue weighted by atomic mass is 9.83. The van der Waals surface area contributed by atoms with Crippen LogP contribution in [0.2, 0.25) is 0 Å². The maximum Gasteiger partial charge on any atom is 0.0931 e. The first-order valence-corrected chi connectivity index (χ1v) is 5.57. The summed E-state index contributed by atoms with van der Waals surface area (Å²) in [6.45, 7) is 4.52. The zero-order valence-corrected chi connectivity index (χ0v) is 9.10. The molecule has 74 valence electrons. The van der Waals surface area contributed by atoms with Crippen LogP contribution in [-0.4, -0.2) is 16.7 Å². The molecule has 0 saturated heterocycles. The van der Waals surface area contributed by atoms with Gasteiger partial charge in [-0.05, 0) is 11.8 Å². The monoisotopic (exact) mass is 199 g/mol. The number of nitrogens with zero attached hydrogens (tertiary/aromatic N) is 1. The molecule has 0 aliphatic rings. The van der Waals surface area contributed by atoms with E-state index in [1.165, 1.54) is 0 Å². The van der Waals surface area contributed by atoms with E-state index in [0.29, 0.717) is 0 Å². The van der Waals surface area contributed by atoms with Crippen LogP contribution >= 0.6 is 11.3 Å². The summed E-state index contributed by atoms with van der Waals surface area (Å²) in [5.41, 5.74) is 0.0204. The van der Waals surface area contributed by atoms with Gasteiger partial charge in [0.05, 0.1) is 5.01 Å². The Hall–Kier alpha value is -0.410. The largest absolute Gasteiger partial charge is 0.396 e. The highest BCUT2D eigenvalue weighted by Crippen LogP contribution is 2.28. The summed E-state index contributed by atoms with van der Waals surface area (Å²) in [6, 6.07) is 0. The normalized spacial score (nSPS) is 15.6. The van der Waals surface area contributed by atoms with E-state index in [4.69, 9.17) is 0 Å². The maximum absolute atomic E-state index is 9.29. The highest BCUT2D eigenvalue weighted by Gasteiger charge is 2.23. The van der Waals surface area contributed by atoms with Crippen molar-refractivity contribution in [2.24, 2.45) is 5.41 Å². The van der Waals surface area contributed by atoms with E-state index in [1.807, 2.05) is 11.6 Å². The van der Waals surface area contributed by atoms with Gasteiger partial charge in [-0.3, -0.25) is 0 Å². The van der Waals surface area contributed by atoms with Gasteiger partial charge in [-0.15, -0.1) is 11.3 Å². The Morgan fingerprint density at radius 1 is 1.62 bits per heavy atom. The minimum absolute atomic E-state index is 0.0204. The lowest BCUT2D eigenvalue weighted by Crippen LogP contribution is -2.23. The van der Waals surface area contributed by atoms with E-state index >= 15 is 0 Å². The van der Waals surface area contributed by atoms with Gasteiger partial charge in [-0.2, -0.15) is 0 Å². The minimum Gasteiger partial charge on any atom is -0.396 e. The molecular formula is C10H17NOS. The van der Waals surface area contributed by atoms with Crippen LogP contribution in [0.25, 0.3) is 0 Å². The summed E-state index contributed by atoms with van der Waals surface area (Å²) in [5, 5.41) is 12.4. The van der Waals surface area contributed by atoms with Crippen molar-refractivity contribution in [3.8, 4) is 0 Å². The molecule has 0 aliphatic carbocycles. The zero-order chi connectivity index (χ0) is 9.73. The average molecular weight is 199 g/mol. The topological polar surface area (TPSA) is 33.1 Å². The van der Waals surface area contributed by atoms with Crippen molar-refractivity contribution in [3.05, 3.63) is 16.6 Å². The van der Waals surface area contributed by atoms with Crippen molar-refractivity contribution in [3.63, 3.8) is 0 Å². The highest BCUT2D eigenvalue weighted by atomic mass is 32.1. The van der Waals surface area contributed by atoms with Gasteiger partial charge in [0, 0.05) is 24.6 Å². The fourth-order valence-corrected chi connectivity index (χ4v) is 2.36. The third-order valence-electron chi connectivity index (χ3n) is 2.30. The number of rotatable bonds is 5. The van der Waals surface area contributed by atoms with Crippen molar-refractivity contribution >= 4 is 11.3 Å². The molecule has 1 unspecified atom stereocenters. The van der Waals surface area contributed by atoms with Crippen LogP contribution in [0.3, 0.4) is 0 Å². The summed E-state index contributed by atoms with van der Waals surface area (Å²) >= 11 is 1.67. The number of thiazole rings is 1. The Morgan fingerprint density at radius 2 is 2.38 bits per heavy atom. The molecule has 1 N–H and O–H groups in total. The van der Waals surface area contributed by atoms with E-state index in [1.54, 1.807) is 11.3 Å². The molecule has 0 fully saturated rings. The molecule has 0 amide bonds. The van der Waals surface area contributed by atoms with Crippen molar-refractivity contribution in [2.75, 3.05) is 6.61 Å². The molecule has 2 nitrogen and oxygen atoms in total. The molecule has 1 aromatic heterocycles. The van der Waals surface area contributed by atoms with E-state index in [9.17, 15) is 5.11 Å². The van der Waals surface area contributed by atoms with Gasteiger partial charge in [-0.25, -0.2) is 4.98 Å². The van der Waals surface area contributed by atoms with Crippen LogP contribution in [0.15, 0.2) is 11.6 Å². The predicted molar refractivity (Wildman–Crippen MR) is 55.9 cm³/mol. The molecule has 0 aliphatic heterocycles. The first-order valence-electron chi connectivity index (χ1n) is 4.69. The smallest absolute Gasteiger partial charge is 0.0931 e. The molecular weight excluding hydrogens is 182 g/mol. The van der Waals surface area contributed by atoms with Gasteiger partial charge in [-0.1, -0.05) is 20.3 Å². The SMILES string of the molecule is CCCC(C)(CO)Cc1nccs1. The van der Waals surface area contributed by atoms with E-state index < -0.39 is 0 Å². The second kappa shape index (κ2) is 4.72. The second-order valence-corrected chi connectivity index (χ2v) is 4.80. The van der Waals surface area contributed by atoms with Crippen LogP contribution in [-0.2, 0) is 6.42 Å². The molecule has 0 spiro atoms. The number of hydrogen-bond donors (Lipinski definition) is 1. The number of aromatic nitrogens is 1. The minimum atomic E-state index is 0.0204. The predicted octanol–water partition coefficient (Wildman–Crippen LogP) is 2.48. The van der Waals surface area contributed by atoms with E-state index in [2.05, 4.69) is 18.8 Å². The van der Waals surface area contributed by atoms with Crippen molar-refractivity contribution in [1.29, 1.82) is 0 Å². The third kappa shape index (κ3) is 3.08. The molecule has 0 bridgehead atoms. The number of hydrogen-bond acceptors (Lipinski definition) is 3. The first-order chi connectivity index (χ1) is 6.20. The Labute approximate surface area is 83.6 Å². The number of aliphatic hydroxyl groups is 1. The van der Waals surface area contributed by atoms with Crippen LogP contribution in [0, 0.1) is 5.41 Å². The van der Waals surface area contributed by atoms with Gasteiger partial charge in [0.2, 0.25) is 0 Å². The van der Waals surface area contributed by atoms with Crippen molar-refractivity contribution in [1.82, 2.24) is 4.98 Å². The second-order valence-electron chi connectivity index (χ2n) is 3.82.